The number of carbonyl (C=O) groups excluding carboxylic acids is 1. The average molecular weight is 445 g/mol. The first-order valence-corrected chi connectivity index (χ1v) is 11.5. The van der Waals surface area contributed by atoms with Crippen molar-refractivity contribution in [2.45, 2.75) is 65.8 Å². The number of halogens is 1. The number of benzene rings is 2. The molecule has 2 aromatic rings. The fourth-order valence-corrected chi connectivity index (χ4v) is 4.58. The van der Waals surface area contributed by atoms with Crippen LogP contribution in [-0.2, 0) is 20.7 Å². The summed E-state index contributed by atoms with van der Waals surface area (Å²) in [4.78, 5) is 11.8. The van der Waals surface area contributed by atoms with Crippen molar-refractivity contribution in [3.8, 4) is 5.75 Å². The van der Waals surface area contributed by atoms with E-state index in [-0.39, 0.29) is 30.2 Å². The van der Waals surface area contributed by atoms with Gasteiger partial charge in [0.1, 0.15) is 18.0 Å². The molecule has 1 heterocycles. The third kappa shape index (κ3) is 5.61. The van der Waals surface area contributed by atoms with Crippen LogP contribution in [0.1, 0.15) is 63.8 Å². The molecule has 5 heteroatoms. The van der Waals surface area contributed by atoms with Crippen LogP contribution in [0.25, 0.3) is 0 Å². The van der Waals surface area contributed by atoms with Crippen molar-refractivity contribution in [3.05, 3.63) is 64.2 Å². The van der Waals surface area contributed by atoms with Gasteiger partial charge in [-0.3, -0.25) is 4.79 Å². The lowest BCUT2D eigenvalue weighted by Gasteiger charge is -2.44. The second kappa shape index (κ2) is 10.5. The van der Waals surface area contributed by atoms with E-state index in [0.717, 1.165) is 28.9 Å². The van der Waals surface area contributed by atoms with Gasteiger partial charge in [-0.2, -0.15) is 0 Å². The molecule has 0 amide bonds. The Labute approximate surface area is 190 Å². The Morgan fingerprint density at radius 2 is 1.77 bits per heavy atom. The second-order valence-corrected chi connectivity index (χ2v) is 8.81. The Morgan fingerprint density at radius 1 is 1.06 bits per heavy atom. The SMILES string of the molecule is CCOc1ccc(Cc2cc(C3O[C@H](CC)C(C)[C@H](C)C3OC(C)=O)ccc2Cl)cc1. The molecule has 0 spiro atoms. The molecule has 5 atom stereocenters. The Hall–Kier alpha value is -2.04. The van der Waals surface area contributed by atoms with Crippen molar-refractivity contribution in [1.29, 1.82) is 0 Å². The molecule has 1 aliphatic rings. The topological polar surface area (TPSA) is 44.8 Å². The molecular weight excluding hydrogens is 412 g/mol. The van der Waals surface area contributed by atoms with Crippen molar-refractivity contribution in [2.24, 2.45) is 11.8 Å². The van der Waals surface area contributed by atoms with Crippen molar-refractivity contribution < 1.29 is 19.0 Å². The van der Waals surface area contributed by atoms with E-state index >= 15 is 0 Å². The highest BCUT2D eigenvalue weighted by Crippen LogP contribution is 2.42. The first-order valence-electron chi connectivity index (χ1n) is 11.2. The van der Waals surface area contributed by atoms with E-state index in [1.54, 1.807) is 0 Å². The number of esters is 1. The summed E-state index contributed by atoms with van der Waals surface area (Å²) in [6.07, 6.45) is 1.11. The molecule has 0 bridgehead atoms. The van der Waals surface area contributed by atoms with Crippen LogP contribution in [0.3, 0.4) is 0 Å². The van der Waals surface area contributed by atoms with Crippen LogP contribution < -0.4 is 4.74 Å². The van der Waals surface area contributed by atoms with Crippen LogP contribution in [0.2, 0.25) is 5.02 Å². The third-order valence-electron chi connectivity index (χ3n) is 6.29. The van der Waals surface area contributed by atoms with E-state index in [0.29, 0.717) is 24.0 Å². The number of carbonyl (C=O) groups is 1. The fraction of sp³-hybridized carbons (Fsp3) is 0.500. The number of hydrogen-bond donors (Lipinski definition) is 0. The first-order chi connectivity index (χ1) is 14.8. The minimum atomic E-state index is -0.324. The summed E-state index contributed by atoms with van der Waals surface area (Å²) in [5.41, 5.74) is 3.17. The molecule has 0 aliphatic carbocycles. The van der Waals surface area contributed by atoms with Gasteiger partial charge in [0.2, 0.25) is 0 Å². The summed E-state index contributed by atoms with van der Waals surface area (Å²) in [7, 11) is 0. The van der Waals surface area contributed by atoms with Crippen LogP contribution in [0.15, 0.2) is 42.5 Å². The number of rotatable bonds is 7. The minimum absolute atomic E-state index is 0.122. The molecule has 0 aromatic heterocycles. The molecule has 0 N–H and O–H groups in total. The molecule has 168 valence electrons. The summed E-state index contributed by atoms with van der Waals surface area (Å²) in [5, 5.41) is 0.714. The zero-order valence-electron chi connectivity index (χ0n) is 19.1. The smallest absolute Gasteiger partial charge is 0.303 e. The largest absolute Gasteiger partial charge is 0.494 e. The number of ether oxygens (including phenoxy) is 3. The standard InChI is InChI=1S/C26H33ClO4/c1-6-24-16(3)17(4)25(30-18(5)28)26(31-24)20-10-13-23(27)21(15-20)14-19-8-11-22(12-9-19)29-7-2/h8-13,15-17,24-26H,6-7,14H2,1-5H3/t16?,17-,24+,25?,26?/m0/s1. The van der Waals surface area contributed by atoms with Gasteiger partial charge in [-0.05, 0) is 60.6 Å². The van der Waals surface area contributed by atoms with Crippen LogP contribution in [0.4, 0.5) is 0 Å². The maximum atomic E-state index is 11.8. The van der Waals surface area contributed by atoms with E-state index in [4.69, 9.17) is 25.8 Å². The van der Waals surface area contributed by atoms with Crippen LogP contribution in [0.5, 0.6) is 5.75 Å². The maximum Gasteiger partial charge on any atom is 0.303 e. The predicted molar refractivity (Wildman–Crippen MR) is 124 cm³/mol. The summed E-state index contributed by atoms with van der Waals surface area (Å²) < 4.78 is 17.7. The molecule has 0 saturated carbocycles. The van der Waals surface area contributed by atoms with Gasteiger partial charge in [-0.15, -0.1) is 0 Å². The normalized spacial score (nSPS) is 25.8. The predicted octanol–water partition coefficient (Wildman–Crippen LogP) is 6.38. The second-order valence-electron chi connectivity index (χ2n) is 8.40. The Balaban J connectivity index is 1.89. The van der Waals surface area contributed by atoms with Gasteiger partial charge in [-0.1, -0.05) is 56.6 Å². The summed E-state index contributed by atoms with van der Waals surface area (Å²) in [5.74, 6) is 1.08. The molecule has 1 saturated heterocycles. The zero-order valence-corrected chi connectivity index (χ0v) is 19.8. The van der Waals surface area contributed by atoms with E-state index in [2.05, 4.69) is 39.0 Å². The molecule has 31 heavy (non-hydrogen) atoms. The lowest BCUT2D eigenvalue weighted by Crippen LogP contribution is -2.46. The first kappa shape index (κ1) is 23.6. The minimum Gasteiger partial charge on any atom is -0.494 e. The lowest BCUT2D eigenvalue weighted by atomic mass is 9.78. The Bertz CT molecular complexity index is 879. The van der Waals surface area contributed by atoms with E-state index < -0.39 is 0 Å². The zero-order chi connectivity index (χ0) is 22.5. The van der Waals surface area contributed by atoms with Crippen LogP contribution in [0, 0.1) is 11.8 Å². The highest BCUT2D eigenvalue weighted by Gasteiger charge is 2.43. The van der Waals surface area contributed by atoms with Gasteiger partial charge in [-0.25, -0.2) is 0 Å². The molecule has 1 aliphatic heterocycles. The molecule has 3 rings (SSSR count). The Morgan fingerprint density at radius 3 is 2.39 bits per heavy atom. The van der Waals surface area contributed by atoms with Crippen LogP contribution >= 0.6 is 11.6 Å². The summed E-state index contributed by atoms with van der Waals surface area (Å²) in [6, 6.07) is 14.1. The Kier molecular flexibility index (Phi) is 8.01. The summed E-state index contributed by atoms with van der Waals surface area (Å²) in [6.45, 7) is 10.5. The highest BCUT2D eigenvalue weighted by atomic mass is 35.5. The van der Waals surface area contributed by atoms with Gasteiger partial charge < -0.3 is 14.2 Å². The monoisotopic (exact) mass is 444 g/mol. The fourth-order valence-electron chi connectivity index (χ4n) is 4.40. The average Bonchev–Trinajstić information content (AvgIpc) is 2.75. The van der Waals surface area contributed by atoms with Gasteiger partial charge >= 0.3 is 5.97 Å². The van der Waals surface area contributed by atoms with Gasteiger partial charge in [0.25, 0.3) is 0 Å². The van der Waals surface area contributed by atoms with Crippen LogP contribution in [-0.4, -0.2) is 24.8 Å². The van der Waals surface area contributed by atoms with Gasteiger partial charge in [0.15, 0.2) is 0 Å². The van der Waals surface area contributed by atoms with Crippen molar-refractivity contribution in [1.82, 2.24) is 0 Å². The molecule has 4 nitrogen and oxygen atoms in total. The van der Waals surface area contributed by atoms with Gasteiger partial charge in [0, 0.05) is 17.9 Å². The van der Waals surface area contributed by atoms with Crippen molar-refractivity contribution in [3.63, 3.8) is 0 Å². The molecule has 0 radical (unpaired) electrons. The third-order valence-corrected chi connectivity index (χ3v) is 6.65. The molecular formula is C26H33ClO4. The van der Waals surface area contributed by atoms with E-state index in [9.17, 15) is 4.79 Å². The quantitative estimate of drug-likeness (QED) is 0.464. The molecule has 2 aromatic carbocycles. The number of hydrogen-bond acceptors (Lipinski definition) is 4. The molecule has 1 fully saturated rings. The maximum absolute atomic E-state index is 11.8. The van der Waals surface area contributed by atoms with E-state index in [1.807, 2.05) is 31.2 Å². The van der Waals surface area contributed by atoms with E-state index in [1.165, 1.54) is 6.92 Å². The highest BCUT2D eigenvalue weighted by molar-refractivity contribution is 6.31. The van der Waals surface area contributed by atoms with Gasteiger partial charge in [0.05, 0.1) is 12.7 Å². The van der Waals surface area contributed by atoms with Crippen molar-refractivity contribution >= 4 is 17.6 Å². The molecule has 3 unspecified atom stereocenters. The summed E-state index contributed by atoms with van der Waals surface area (Å²) >= 11 is 6.54. The lowest BCUT2D eigenvalue weighted by molar-refractivity contribution is -0.196. The van der Waals surface area contributed by atoms with Crippen molar-refractivity contribution in [2.75, 3.05) is 6.61 Å².